The van der Waals surface area contributed by atoms with E-state index in [1.54, 1.807) is 12.3 Å². The summed E-state index contributed by atoms with van der Waals surface area (Å²) < 4.78 is 6.04. The van der Waals surface area contributed by atoms with Crippen molar-refractivity contribution in [3.8, 4) is 0 Å². The van der Waals surface area contributed by atoms with E-state index in [9.17, 15) is 9.59 Å². The molecule has 3 aromatic rings. The van der Waals surface area contributed by atoms with Crippen molar-refractivity contribution >= 4 is 56.3 Å². The van der Waals surface area contributed by atoms with Gasteiger partial charge in [0.2, 0.25) is 0 Å². The maximum absolute atomic E-state index is 13.1. The number of benzene rings is 2. The van der Waals surface area contributed by atoms with Gasteiger partial charge in [0.25, 0.3) is 5.91 Å². The molecule has 0 unspecified atom stereocenters. The fraction of sp³-hybridized carbons (Fsp3) is 0.0952. The van der Waals surface area contributed by atoms with Crippen molar-refractivity contribution in [2.24, 2.45) is 0 Å². The summed E-state index contributed by atoms with van der Waals surface area (Å²) in [6, 6.07) is 17.6. The van der Waals surface area contributed by atoms with E-state index in [-0.39, 0.29) is 18.2 Å². The van der Waals surface area contributed by atoms with Crippen LogP contribution in [0.3, 0.4) is 0 Å². The molecule has 27 heavy (non-hydrogen) atoms. The van der Waals surface area contributed by atoms with Gasteiger partial charge in [-0.15, -0.1) is 0 Å². The first-order chi connectivity index (χ1) is 13.1. The minimum absolute atomic E-state index is 0.0187. The molecule has 0 spiro atoms. The Balaban J connectivity index is 1.96. The maximum Gasteiger partial charge on any atom is 0.267 e. The fourth-order valence-electron chi connectivity index (χ4n) is 3.14. The van der Waals surface area contributed by atoms with Crippen molar-refractivity contribution in [1.82, 2.24) is 4.90 Å². The van der Waals surface area contributed by atoms with E-state index in [4.69, 9.17) is 16.6 Å². The highest BCUT2D eigenvalue weighted by Crippen LogP contribution is 2.41. The molecular formula is C21H15NO3S2. The normalized spacial score (nSPS) is 16.3. The van der Waals surface area contributed by atoms with Crippen LogP contribution in [-0.2, 0) is 9.59 Å². The van der Waals surface area contributed by atoms with Gasteiger partial charge < -0.3 is 4.42 Å². The van der Waals surface area contributed by atoms with Crippen LogP contribution in [0, 0.1) is 0 Å². The van der Waals surface area contributed by atoms with Gasteiger partial charge in [0.05, 0.1) is 17.7 Å². The van der Waals surface area contributed by atoms with Crippen molar-refractivity contribution in [2.45, 2.75) is 6.92 Å². The van der Waals surface area contributed by atoms with E-state index in [2.05, 4.69) is 0 Å². The average Bonchev–Trinajstić information content (AvgIpc) is 3.27. The number of fused-ring (bicyclic) bond motifs is 1. The summed E-state index contributed by atoms with van der Waals surface area (Å²) in [5, 5.41) is 2.08. The molecule has 1 amide bonds. The number of hydrogen-bond donors (Lipinski definition) is 0. The van der Waals surface area contributed by atoms with Crippen LogP contribution in [-0.4, -0.2) is 27.5 Å². The lowest BCUT2D eigenvalue weighted by Gasteiger charge is -2.13. The Labute approximate surface area is 165 Å². The predicted octanol–water partition coefficient (Wildman–Crippen LogP) is 4.64. The number of rotatable bonds is 4. The second-order valence-corrected chi connectivity index (χ2v) is 7.81. The van der Waals surface area contributed by atoms with Crippen LogP contribution < -0.4 is 0 Å². The fourth-order valence-corrected chi connectivity index (χ4v) is 4.48. The molecule has 1 aliphatic rings. The van der Waals surface area contributed by atoms with E-state index in [0.717, 1.165) is 16.3 Å². The van der Waals surface area contributed by atoms with Crippen molar-refractivity contribution in [2.75, 3.05) is 6.54 Å². The van der Waals surface area contributed by atoms with Crippen LogP contribution in [0.5, 0.6) is 0 Å². The molecule has 4 rings (SSSR count). The molecule has 0 N–H and O–H groups in total. The predicted molar refractivity (Wildman–Crippen MR) is 111 cm³/mol. The minimum Gasteiger partial charge on any atom is -0.464 e. The number of thioether (sulfide) groups is 1. The Morgan fingerprint density at radius 1 is 1.11 bits per heavy atom. The highest BCUT2D eigenvalue weighted by Gasteiger charge is 2.36. The average molecular weight is 393 g/mol. The van der Waals surface area contributed by atoms with Crippen molar-refractivity contribution in [1.29, 1.82) is 0 Å². The standard InChI is InChI=1S/C21H15NO3S2/c1-13(23)12-22-20(24)19(27-21(22)26)18(17-10-5-11-25-17)16-9-4-7-14-6-2-3-8-15(14)16/h2-11H,12H2,1H3. The van der Waals surface area contributed by atoms with Gasteiger partial charge in [-0.05, 0) is 35.4 Å². The highest BCUT2D eigenvalue weighted by atomic mass is 32.2. The molecule has 2 aromatic carbocycles. The molecule has 0 bridgehead atoms. The lowest BCUT2D eigenvalue weighted by Crippen LogP contribution is -2.32. The Morgan fingerprint density at radius 2 is 1.89 bits per heavy atom. The van der Waals surface area contributed by atoms with Gasteiger partial charge in [-0.3, -0.25) is 14.5 Å². The highest BCUT2D eigenvalue weighted by molar-refractivity contribution is 8.26. The molecule has 1 fully saturated rings. The third-order valence-corrected chi connectivity index (χ3v) is 5.73. The summed E-state index contributed by atoms with van der Waals surface area (Å²) >= 11 is 6.57. The quantitative estimate of drug-likeness (QED) is 0.477. The number of ketones is 1. The smallest absolute Gasteiger partial charge is 0.267 e. The molecular weight excluding hydrogens is 378 g/mol. The number of thiocarbonyl (C=S) groups is 1. The summed E-state index contributed by atoms with van der Waals surface area (Å²) in [5.41, 5.74) is 1.59. The van der Waals surface area contributed by atoms with Gasteiger partial charge in [-0.1, -0.05) is 66.4 Å². The van der Waals surface area contributed by atoms with Gasteiger partial charge >= 0.3 is 0 Å². The molecule has 6 heteroatoms. The van der Waals surface area contributed by atoms with Gasteiger partial charge in [-0.25, -0.2) is 0 Å². The maximum atomic E-state index is 13.1. The monoisotopic (exact) mass is 393 g/mol. The molecule has 1 saturated heterocycles. The van der Waals surface area contributed by atoms with Gasteiger partial charge in [-0.2, -0.15) is 0 Å². The summed E-state index contributed by atoms with van der Waals surface area (Å²) in [7, 11) is 0. The zero-order valence-corrected chi connectivity index (χ0v) is 16.1. The number of carbonyl (C=O) groups excluding carboxylic acids is 2. The number of hydrogen-bond acceptors (Lipinski definition) is 5. The second kappa shape index (κ2) is 7.13. The summed E-state index contributed by atoms with van der Waals surface area (Å²) in [4.78, 5) is 26.4. The van der Waals surface area contributed by atoms with Gasteiger partial charge in [0.15, 0.2) is 0 Å². The third-order valence-electron chi connectivity index (χ3n) is 4.28. The van der Waals surface area contributed by atoms with E-state index in [0.29, 0.717) is 20.6 Å². The zero-order chi connectivity index (χ0) is 19.0. The molecule has 4 nitrogen and oxygen atoms in total. The van der Waals surface area contributed by atoms with Crippen LogP contribution in [0.25, 0.3) is 16.3 Å². The Bertz CT molecular complexity index is 1090. The zero-order valence-electron chi connectivity index (χ0n) is 14.5. The third kappa shape index (κ3) is 3.22. The first kappa shape index (κ1) is 17.7. The Hall–Kier alpha value is -2.70. The molecule has 1 aliphatic heterocycles. The molecule has 1 aromatic heterocycles. The van der Waals surface area contributed by atoms with Crippen LogP contribution in [0.15, 0.2) is 70.2 Å². The molecule has 0 atom stereocenters. The number of carbonyl (C=O) groups is 2. The number of amides is 1. The lowest BCUT2D eigenvalue weighted by atomic mass is 9.96. The minimum atomic E-state index is -0.264. The number of furan rings is 1. The largest absolute Gasteiger partial charge is 0.464 e. The van der Waals surface area contributed by atoms with Crippen molar-refractivity contribution in [3.63, 3.8) is 0 Å². The van der Waals surface area contributed by atoms with Gasteiger partial charge in [0.1, 0.15) is 15.9 Å². The second-order valence-electron chi connectivity index (χ2n) is 6.17. The van der Waals surface area contributed by atoms with Crippen LogP contribution >= 0.6 is 24.0 Å². The number of Topliss-reactive ketones (excluding diaryl/α,β-unsaturated/α-hetero) is 1. The Morgan fingerprint density at radius 3 is 2.63 bits per heavy atom. The number of nitrogens with zero attached hydrogens (tertiary/aromatic N) is 1. The lowest BCUT2D eigenvalue weighted by molar-refractivity contribution is -0.126. The summed E-state index contributed by atoms with van der Waals surface area (Å²) in [6.45, 7) is 1.43. The van der Waals surface area contributed by atoms with Crippen LogP contribution in [0.1, 0.15) is 18.2 Å². The molecule has 0 saturated carbocycles. The topological polar surface area (TPSA) is 50.5 Å². The van der Waals surface area contributed by atoms with Gasteiger partial charge in [0, 0.05) is 5.57 Å². The van der Waals surface area contributed by atoms with E-state index in [1.807, 2.05) is 48.5 Å². The van der Waals surface area contributed by atoms with E-state index < -0.39 is 0 Å². The molecule has 0 radical (unpaired) electrons. The first-order valence-corrected chi connectivity index (χ1v) is 9.58. The summed E-state index contributed by atoms with van der Waals surface area (Å²) in [6.07, 6.45) is 1.58. The van der Waals surface area contributed by atoms with E-state index in [1.165, 1.54) is 23.6 Å². The molecule has 0 aliphatic carbocycles. The SMILES string of the molecule is CC(=O)CN1C(=O)C(=C(c2ccco2)c2cccc3ccccc23)SC1=S. The van der Waals surface area contributed by atoms with Crippen molar-refractivity contribution in [3.05, 3.63) is 77.1 Å². The summed E-state index contributed by atoms with van der Waals surface area (Å²) in [5.74, 6) is 0.214. The van der Waals surface area contributed by atoms with E-state index >= 15 is 0 Å². The van der Waals surface area contributed by atoms with Crippen LogP contribution in [0.2, 0.25) is 0 Å². The first-order valence-electron chi connectivity index (χ1n) is 8.35. The molecule has 134 valence electrons. The Kier molecular flexibility index (Phi) is 4.68. The van der Waals surface area contributed by atoms with Crippen LogP contribution in [0.4, 0.5) is 0 Å². The molecule has 2 heterocycles. The van der Waals surface area contributed by atoms with Crippen molar-refractivity contribution < 1.29 is 14.0 Å².